The molecular weight excluding hydrogens is 278 g/mol. The van der Waals surface area contributed by atoms with Gasteiger partial charge in [0.2, 0.25) is 15.9 Å². The Morgan fingerprint density at radius 2 is 2.00 bits per heavy atom. The van der Waals surface area contributed by atoms with Crippen molar-refractivity contribution < 1.29 is 13.2 Å². The number of anilines is 1. The molecule has 0 aliphatic carbocycles. The van der Waals surface area contributed by atoms with Gasteiger partial charge in [-0.3, -0.25) is 4.79 Å². The molecule has 0 spiro atoms. The minimum absolute atomic E-state index is 0.0680. The lowest BCUT2D eigenvalue weighted by Gasteiger charge is -2.26. The van der Waals surface area contributed by atoms with Crippen LogP contribution in [0.4, 0.5) is 5.69 Å². The van der Waals surface area contributed by atoms with Gasteiger partial charge in [-0.25, -0.2) is 8.42 Å². The van der Waals surface area contributed by atoms with E-state index >= 15 is 0 Å². The molecule has 1 unspecified atom stereocenters. The number of hydrogen-bond acceptors (Lipinski definition) is 4. The molecule has 110 valence electrons. The molecule has 1 fully saturated rings. The van der Waals surface area contributed by atoms with Crippen LogP contribution in [0.2, 0.25) is 0 Å². The third-order valence-electron chi connectivity index (χ3n) is 3.44. The molecule has 1 atom stereocenters. The molecule has 1 heterocycles. The first-order valence-electron chi connectivity index (χ1n) is 6.43. The number of hydrogen-bond donors (Lipinski definition) is 1. The predicted octanol–water partition coefficient (Wildman–Crippen LogP) is 0.510. The second kappa shape index (κ2) is 5.41. The molecule has 7 heteroatoms. The summed E-state index contributed by atoms with van der Waals surface area (Å²) in [6.45, 7) is 0.348. The van der Waals surface area contributed by atoms with Crippen LogP contribution in [0.5, 0.6) is 0 Å². The Hall–Kier alpha value is -1.60. The first-order chi connectivity index (χ1) is 9.35. The van der Waals surface area contributed by atoms with E-state index in [2.05, 4.69) is 0 Å². The molecule has 0 saturated carbocycles. The molecule has 1 amide bonds. The van der Waals surface area contributed by atoms with E-state index in [1.54, 1.807) is 32.3 Å². The van der Waals surface area contributed by atoms with Gasteiger partial charge in [-0.2, -0.15) is 4.31 Å². The van der Waals surface area contributed by atoms with Crippen LogP contribution < -0.4 is 5.73 Å². The lowest BCUT2D eigenvalue weighted by Crippen LogP contribution is -2.45. The smallest absolute Gasteiger partial charge is 0.245 e. The second-order valence-electron chi connectivity index (χ2n) is 5.04. The minimum atomic E-state index is -3.74. The van der Waals surface area contributed by atoms with Crippen molar-refractivity contribution in [3.05, 3.63) is 24.3 Å². The standard InChI is InChI=1S/C13H19N3O3S/c1-15(2)13(17)11-7-5-9-16(11)20(18,19)12-8-4-3-6-10(12)14/h3-4,6,8,11H,5,7,9,14H2,1-2H3. The molecule has 6 nitrogen and oxygen atoms in total. The number of carbonyl (C=O) groups excluding carboxylic acids is 1. The fourth-order valence-corrected chi connectivity index (χ4v) is 4.18. The Labute approximate surface area is 119 Å². The van der Waals surface area contributed by atoms with Crippen molar-refractivity contribution >= 4 is 21.6 Å². The Morgan fingerprint density at radius 3 is 2.60 bits per heavy atom. The zero-order valence-electron chi connectivity index (χ0n) is 11.6. The van der Waals surface area contributed by atoms with Gasteiger partial charge in [0.15, 0.2) is 0 Å². The summed E-state index contributed by atoms with van der Waals surface area (Å²) in [7, 11) is -0.482. The van der Waals surface area contributed by atoms with Crippen LogP contribution in [-0.2, 0) is 14.8 Å². The van der Waals surface area contributed by atoms with Gasteiger partial charge in [0.25, 0.3) is 0 Å². The highest BCUT2D eigenvalue weighted by Gasteiger charge is 2.40. The van der Waals surface area contributed by atoms with Crippen LogP contribution in [0.1, 0.15) is 12.8 Å². The zero-order valence-corrected chi connectivity index (χ0v) is 12.4. The molecule has 1 aromatic rings. The van der Waals surface area contributed by atoms with Crippen LogP contribution in [0, 0.1) is 0 Å². The van der Waals surface area contributed by atoms with Crippen LogP contribution >= 0.6 is 0 Å². The van der Waals surface area contributed by atoms with Crippen molar-refractivity contribution in [3.63, 3.8) is 0 Å². The fraction of sp³-hybridized carbons (Fsp3) is 0.462. The van der Waals surface area contributed by atoms with Crippen molar-refractivity contribution in [1.82, 2.24) is 9.21 Å². The highest BCUT2D eigenvalue weighted by molar-refractivity contribution is 7.89. The highest BCUT2D eigenvalue weighted by Crippen LogP contribution is 2.29. The van der Waals surface area contributed by atoms with Crippen molar-refractivity contribution in [2.75, 3.05) is 26.4 Å². The number of amides is 1. The first kappa shape index (κ1) is 14.8. The summed E-state index contributed by atoms with van der Waals surface area (Å²) >= 11 is 0. The van der Waals surface area contributed by atoms with Crippen LogP contribution in [0.15, 0.2) is 29.2 Å². The summed E-state index contributed by atoms with van der Waals surface area (Å²) in [5.74, 6) is -0.194. The van der Waals surface area contributed by atoms with E-state index in [0.717, 1.165) is 0 Å². The van der Waals surface area contributed by atoms with Crippen LogP contribution in [0.3, 0.4) is 0 Å². The van der Waals surface area contributed by atoms with Gasteiger partial charge in [0, 0.05) is 20.6 Å². The molecule has 1 saturated heterocycles. The number of benzene rings is 1. The van der Waals surface area contributed by atoms with Crippen LogP contribution in [0.25, 0.3) is 0 Å². The summed E-state index contributed by atoms with van der Waals surface area (Å²) in [6, 6.07) is 5.70. The van der Waals surface area contributed by atoms with Gasteiger partial charge < -0.3 is 10.6 Å². The number of nitrogens with zero attached hydrogens (tertiary/aromatic N) is 2. The molecule has 2 N–H and O–H groups in total. The number of nitrogen functional groups attached to an aromatic ring is 1. The molecule has 20 heavy (non-hydrogen) atoms. The Balaban J connectivity index is 2.39. The summed E-state index contributed by atoms with van der Waals surface area (Å²) in [5, 5.41) is 0. The number of likely N-dealkylation sites (N-methyl/N-ethyl adjacent to an activating group) is 1. The highest BCUT2D eigenvalue weighted by atomic mass is 32.2. The molecule has 0 bridgehead atoms. The third-order valence-corrected chi connectivity index (χ3v) is 5.42. The maximum Gasteiger partial charge on any atom is 0.245 e. The maximum atomic E-state index is 12.7. The average molecular weight is 297 g/mol. The summed E-state index contributed by atoms with van der Waals surface area (Å²) < 4.78 is 26.6. The van der Waals surface area contributed by atoms with Gasteiger partial charge in [0.1, 0.15) is 10.9 Å². The second-order valence-corrected chi connectivity index (χ2v) is 6.90. The third kappa shape index (κ3) is 2.51. The Morgan fingerprint density at radius 1 is 1.35 bits per heavy atom. The number of rotatable bonds is 3. The van der Waals surface area contributed by atoms with Gasteiger partial charge in [-0.05, 0) is 25.0 Å². The van der Waals surface area contributed by atoms with Crippen LogP contribution in [-0.4, -0.2) is 50.2 Å². The van der Waals surface area contributed by atoms with E-state index < -0.39 is 16.1 Å². The summed E-state index contributed by atoms with van der Waals surface area (Å²) in [5.41, 5.74) is 5.96. The monoisotopic (exact) mass is 297 g/mol. The molecule has 1 aliphatic rings. The number of para-hydroxylation sites is 1. The van der Waals surface area contributed by atoms with Gasteiger partial charge in [-0.1, -0.05) is 12.1 Å². The van der Waals surface area contributed by atoms with E-state index in [1.165, 1.54) is 15.3 Å². The number of carbonyl (C=O) groups is 1. The van der Waals surface area contributed by atoms with Crippen molar-refractivity contribution in [2.24, 2.45) is 0 Å². The molecule has 1 aliphatic heterocycles. The normalized spacial score (nSPS) is 20.0. The molecule has 0 aromatic heterocycles. The molecular formula is C13H19N3O3S. The maximum absolute atomic E-state index is 12.7. The first-order valence-corrected chi connectivity index (χ1v) is 7.87. The number of sulfonamides is 1. The van der Waals surface area contributed by atoms with Gasteiger partial charge >= 0.3 is 0 Å². The zero-order chi connectivity index (χ0) is 14.9. The van der Waals surface area contributed by atoms with E-state index in [0.29, 0.717) is 19.4 Å². The lowest BCUT2D eigenvalue weighted by molar-refractivity contribution is -0.132. The Kier molecular flexibility index (Phi) is 4.01. The number of nitrogens with two attached hydrogens (primary N) is 1. The summed E-state index contributed by atoms with van der Waals surface area (Å²) in [6.07, 6.45) is 1.22. The lowest BCUT2D eigenvalue weighted by atomic mass is 10.2. The van der Waals surface area contributed by atoms with Crippen molar-refractivity contribution in [3.8, 4) is 0 Å². The predicted molar refractivity (Wildman–Crippen MR) is 76.5 cm³/mol. The SMILES string of the molecule is CN(C)C(=O)C1CCCN1S(=O)(=O)c1ccccc1N. The van der Waals surface area contributed by atoms with E-state index in [-0.39, 0.29) is 16.5 Å². The van der Waals surface area contributed by atoms with E-state index in [9.17, 15) is 13.2 Å². The minimum Gasteiger partial charge on any atom is -0.398 e. The van der Waals surface area contributed by atoms with Crippen molar-refractivity contribution in [1.29, 1.82) is 0 Å². The molecule has 2 rings (SSSR count). The average Bonchev–Trinajstić information content (AvgIpc) is 2.87. The Bertz CT molecular complexity index is 613. The van der Waals surface area contributed by atoms with Gasteiger partial charge in [0.05, 0.1) is 5.69 Å². The van der Waals surface area contributed by atoms with E-state index in [4.69, 9.17) is 5.73 Å². The van der Waals surface area contributed by atoms with Gasteiger partial charge in [-0.15, -0.1) is 0 Å². The largest absolute Gasteiger partial charge is 0.398 e. The van der Waals surface area contributed by atoms with Crippen molar-refractivity contribution in [2.45, 2.75) is 23.8 Å². The topological polar surface area (TPSA) is 83.7 Å². The summed E-state index contributed by atoms with van der Waals surface area (Å²) in [4.78, 5) is 13.6. The molecule has 1 aromatic carbocycles. The fourth-order valence-electron chi connectivity index (χ4n) is 2.41. The van der Waals surface area contributed by atoms with E-state index in [1.807, 2.05) is 0 Å². The quantitative estimate of drug-likeness (QED) is 0.824. The molecule has 0 radical (unpaired) electrons.